The number of aryl methyl sites for hydroxylation is 1. The molecule has 0 saturated carbocycles. The van der Waals surface area contributed by atoms with Crippen molar-refractivity contribution in [3.63, 3.8) is 0 Å². The summed E-state index contributed by atoms with van der Waals surface area (Å²) in [5.74, 6) is -0.453. The molecule has 8 heteroatoms. The van der Waals surface area contributed by atoms with E-state index < -0.39 is 29.3 Å². The summed E-state index contributed by atoms with van der Waals surface area (Å²) < 4.78 is 41.5. The van der Waals surface area contributed by atoms with Gasteiger partial charge < -0.3 is 10.0 Å². The molecule has 6 rings (SSSR count). The molecule has 0 fully saturated rings. The topological polar surface area (TPSA) is 56.7 Å². The van der Waals surface area contributed by atoms with E-state index in [1.807, 2.05) is 37.3 Å². The van der Waals surface area contributed by atoms with Crippen molar-refractivity contribution in [1.82, 2.24) is 4.98 Å². The van der Waals surface area contributed by atoms with Gasteiger partial charge in [0.15, 0.2) is 0 Å². The number of hydrogen-bond acceptors (Lipinski definition) is 4. The van der Waals surface area contributed by atoms with Gasteiger partial charge in [-0.25, -0.2) is 0 Å². The van der Waals surface area contributed by atoms with Crippen LogP contribution in [0.4, 0.5) is 30.2 Å². The molecule has 2 heterocycles. The first-order valence-electron chi connectivity index (χ1n) is 12.8. The predicted molar refractivity (Wildman–Crippen MR) is 144 cm³/mol. The number of amides is 1. The molecule has 2 unspecified atom stereocenters. The Morgan fingerprint density at radius 3 is 2.46 bits per heavy atom. The molecule has 198 valence electrons. The maximum absolute atomic E-state index is 14.7. The molecule has 1 aliphatic heterocycles. The smallest absolute Gasteiger partial charge is 0.372 e. The van der Waals surface area contributed by atoms with Gasteiger partial charge in [-0.3, -0.25) is 14.7 Å². The van der Waals surface area contributed by atoms with Crippen LogP contribution in [0.25, 0.3) is 11.1 Å². The minimum Gasteiger partial charge on any atom is -0.372 e. The number of fused-ring (bicyclic) bond motifs is 3. The van der Waals surface area contributed by atoms with E-state index in [2.05, 4.69) is 4.98 Å². The number of pyridine rings is 1. The highest BCUT2D eigenvalue weighted by Gasteiger charge is 2.57. The van der Waals surface area contributed by atoms with E-state index in [-0.39, 0.29) is 5.69 Å². The average Bonchev–Trinajstić information content (AvgIpc) is 3.31. The normalized spacial score (nSPS) is 20.6. The summed E-state index contributed by atoms with van der Waals surface area (Å²) >= 11 is 0. The van der Waals surface area contributed by atoms with E-state index in [0.717, 1.165) is 28.8 Å². The highest BCUT2D eigenvalue weighted by atomic mass is 19.4. The fraction of sp³-hybridized carbons (Fsp3) is 0.226. The van der Waals surface area contributed by atoms with Gasteiger partial charge in [0.25, 0.3) is 0 Å². The Bertz CT molecular complexity index is 1540. The van der Waals surface area contributed by atoms with Crippen molar-refractivity contribution < 1.29 is 23.1 Å². The molecule has 1 aromatic heterocycles. The molecule has 4 aromatic rings. The molecule has 0 saturated heterocycles. The van der Waals surface area contributed by atoms with Crippen LogP contribution in [0.3, 0.4) is 0 Å². The fourth-order valence-corrected chi connectivity index (χ4v) is 6.02. The number of aromatic nitrogens is 1. The van der Waals surface area contributed by atoms with Gasteiger partial charge in [0.2, 0.25) is 5.91 Å². The van der Waals surface area contributed by atoms with Gasteiger partial charge in [-0.1, -0.05) is 42.5 Å². The zero-order valence-electron chi connectivity index (χ0n) is 21.2. The van der Waals surface area contributed by atoms with Crippen molar-refractivity contribution in [3.8, 4) is 11.1 Å². The largest absolute Gasteiger partial charge is 0.416 e. The lowest BCUT2D eigenvalue weighted by atomic mass is 9.77. The molecule has 0 radical (unpaired) electrons. The van der Waals surface area contributed by atoms with Crippen LogP contribution in [0.15, 0.2) is 91.3 Å². The Balaban J connectivity index is 1.58. The number of halogens is 3. The van der Waals surface area contributed by atoms with Crippen LogP contribution in [0.5, 0.6) is 0 Å². The summed E-state index contributed by atoms with van der Waals surface area (Å²) in [7, 11) is 0. The molecule has 1 N–H and O–H groups in total. The number of nitrogens with zero attached hydrogens (tertiary/aromatic N) is 3. The van der Waals surface area contributed by atoms with Crippen molar-refractivity contribution >= 4 is 23.0 Å². The third-order valence-electron chi connectivity index (χ3n) is 7.90. The van der Waals surface area contributed by atoms with Gasteiger partial charge in [0, 0.05) is 24.6 Å². The number of aliphatic hydroxyl groups excluding tert-OH is 1. The zero-order chi connectivity index (χ0) is 27.4. The van der Waals surface area contributed by atoms with Crippen LogP contribution in [-0.2, 0) is 22.8 Å². The maximum Gasteiger partial charge on any atom is 0.416 e. The Morgan fingerprint density at radius 1 is 0.974 bits per heavy atom. The van der Waals surface area contributed by atoms with Crippen molar-refractivity contribution in [1.29, 1.82) is 0 Å². The monoisotopic (exact) mass is 529 g/mol. The zero-order valence-corrected chi connectivity index (χ0v) is 21.2. The van der Waals surface area contributed by atoms with Gasteiger partial charge in [-0.2, -0.15) is 13.2 Å². The molecule has 1 spiro atoms. The van der Waals surface area contributed by atoms with Crippen molar-refractivity contribution in [2.45, 2.75) is 37.6 Å². The van der Waals surface area contributed by atoms with Crippen LogP contribution < -0.4 is 9.80 Å². The molecular formula is C31H26F3N3O2. The van der Waals surface area contributed by atoms with Crippen LogP contribution in [0.1, 0.15) is 30.0 Å². The molecule has 5 nitrogen and oxygen atoms in total. The van der Waals surface area contributed by atoms with E-state index in [9.17, 15) is 23.1 Å². The second kappa shape index (κ2) is 9.24. The van der Waals surface area contributed by atoms with Crippen LogP contribution >= 0.6 is 0 Å². The second-order valence-electron chi connectivity index (χ2n) is 9.92. The highest BCUT2D eigenvalue weighted by Crippen LogP contribution is 2.52. The molecule has 39 heavy (non-hydrogen) atoms. The molecule has 1 aliphatic carbocycles. The van der Waals surface area contributed by atoms with Crippen LogP contribution in [-0.4, -0.2) is 28.8 Å². The Labute approximate surface area is 224 Å². The number of anilines is 3. The summed E-state index contributed by atoms with van der Waals surface area (Å²) in [4.78, 5) is 21.9. The summed E-state index contributed by atoms with van der Waals surface area (Å²) in [5.41, 5.74) is 2.16. The first-order valence-corrected chi connectivity index (χ1v) is 12.8. The number of alkyl halides is 3. The molecule has 1 amide bonds. The predicted octanol–water partition coefficient (Wildman–Crippen LogP) is 6.47. The van der Waals surface area contributed by atoms with E-state index in [1.54, 1.807) is 47.6 Å². The molecule has 0 bridgehead atoms. The molecule has 3 aromatic carbocycles. The lowest BCUT2D eigenvalue weighted by Gasteiger charge is -2.39. The third kappa shape index (κ3) is 3.89. The summed E-state index contributed by atoms with van der Waals surface area (Å²) in [6, 6.07) is 21.6. The van der Waals surface area contributed by atoms with E-state index in [4.69, 9.17) is 0 Å². The van der Waals surface area contributed by atoms with Gasteiger partial charge in [0.05, 0.1) is 16.9 Å². The van der Waals surface area contributed by atoms with Crippen molar-refractivity contribution in [2.75, 3.05) is 16.3 Å². The van der Waals surface area contributed by atoms with E-state index in [0.29, 0.717) is 36.3 Å². The van der Waals surface area contributed by atoms with Crippen molar-refractivity contribution in [3.05, 3.63) is 108 Å². The van der Waals surface area contributed by atoms with Gasteiger partial charge >= 0.3 is 6.18 Å². The number of carbonyl (C=O) groups excluding carboxylic acids is 1. The fourth-order valence-electron chi connectivity index (χ4n) is 6.02. The SMILES string of the molecule is CCN1c2ccc(C(F)(F)F)cc2N(c2ccccc2)C(=O)C2(CCc3cc(-c4cccnc4)ccc32)C1O. The first kappa shape index (κ1) is 25.1. The van der Waals surface area contributed by atoms with E-state index in [1.165, 1.54) is 11.0 Å². The quantitative estimate of drug-likeness (QED) is 0.330. The number of hydrogen-bond donors (Lipinski definition) is 1. The van der Waals surface area contributed by atoms with Gasteiger partial charge in [-0.05, 0) is 78.4 Å². The van der Waals surface area contributed by atoms with Crippen LogP contribution in [0.2, 0.25) is 0 Å². The summed E-state index contributed by atoms with van der Waals surface area (Å²) in [5, 5.41) is 12.0. The Hall–Kier alpha value is -4.17. The standard InChI is InChI=1S/C31H26F3N3O2/c1-2-36-26-13-11-23(31(32,33)34)18-27(26)37(24-8-4-3-5-9-24)29(39)30(28(36)38)15-14-21-17-20(10-12-25(21)30)22-7-6-16-35-19-22/h3-13,16-19,28,38H,2,14-15H2,1H3. The van der Waals surface area contributed by atoms with E-state index >= 15 is 0 Å². The maximum atomic E-state index is 14.7. The number of rotatable bonds is 3. The van der Waals surface area contributed by atoms with Gasteiger partial charge in [-0.15, -0.1) is 0 Å². The summed E-state index contributed by atoms with van der Waals surface area (Å²) in [6.45, 7) is 2.11. The number of para-hydroxylation sites is 1. The lowest BCUT2D eigenvalue weighted by Crippen LogP contribution is -2.56. The molecule has 2 aliphatic rings. The third-order valence-corrected chi connectivity index (χ3v) is 7.90. The summed E-state index contributed by atoms with van der Waals surface area (Å²) in [6.07, 6.45) is -1.56. The number of likely N-dealkylation sites (N-methyl/N-ethyl adjacent to an activating group) is 1. The van der Waals surface area contributed by atoms with Gasteiger partial charge in [0.1, 0.15) is 11.6 Å². The number of carbonyl (C=O) groups is 1. The number of benzene rings is 3. The van der Waals surface area contributed by atoms with Crippen LogP contribution in [0, 0.1) is 0 Å². The first-order chi connectivity index (χ1) is 18.8. The number of aliphatic hydroxyl groups is 1. The molecule has 2 atom stereocenters. The Kier molecular flexibility index (Phi) is 5.95. The Morgan fingerprint density at radius 2 is 1.77 bits per heavy atom. The second-order valence-corrected chi connectivity index (χ2v) is 9.92. The lowest BCUT2D eigenvalue weighted by molar-refractivity contribution is -0.137. The molecular weight excluding hydrogens is 503 g/mol. The highest BCUT2D eigenvalue weighted by molar-refractivity contribution is 6.11. The minimum absolute atomic E-state index is 0.0965. The minimum atomic E-state index is -4.59. The average molecular weight is 530 g/mol. The van der Waals surface area contributed by atoms with Crippen molar-refractivity contribution in [2.24, 2.45) is 0 Å².